The van der Waals surface area contributed by atoms with Crippen molar-refractivity contribution in [1.82, 2.24) is 4.98 Å². The summed E-state index contributed by atoms with van der Waals surface area (Å²) in [5, 5.41) is 6.77. The van der Waals surface area contributed by atoms with Gasteiger partial charge in [-0.1, -0.05) is 11.6 Å². The fraction of sp³-hybridized carbons (Fsp3) is 0. The molecule has 1 aromatic heterocycles. The third kappa shape index (κ3) is 7.09. The molecule has 90 valence electrons. The first-order valence-corrected chi connectivity index (χ1v) is 8.13. The Kier molecular flexibility index (Phi) is 6.36. The van der Waals surface area contributed by atoms with E-state index in [9.17, 15) is 19.5 Å². The number of nitrogens with zero attached hydrogens (tertiary/aromatic N) is 1. The fourth-order valence-corrected chi connectivity index (χ4v) is 0.834. The summed E-state index contributed by atoms with van der Waals surface area (Å²) in [6.07, 6.45) is 1.25. The van der Waals surface area contributed by atoms with E-state index in [1.165, 1.54) is 12.3 Å². The van der Waals surface area contributed by atoms with Gasteiger partial charge in [0.1, 0.15) is 5.02 Å². The van der Waals surface area contributed by atoms with Crippen LogP contribution < -0.4 is 5.56 Å². The standard InChI is InChI=1S/C5H3ClN2O3.Cl3OP/c6-3-1-2-7-5(9)4(3)8(10)11;1-5(2,3)4/h1-2H,(H,7,9);. The summed E-state index contributed by atoms with van der Waals surface area (Å²) < 4.78 is 9.51. The van der Waals surface area contributed by atoms with Gasteiger partial charge in [0.2, 0.25) is 0 Å². The molecule has 11 heteroatoms. The Morgan fingerprint density at radius 3 is 2.06 bits per heavy atom. The largest absolute Gasteiger partial charge is 0.352 e. The van der Waals surface area contributed by atoms with Crippen molar-refractivity contribution in [1.29, 1.82) is 0 Å². The molecule has 1 rings (SSSR count). The van der Waals surface area contributed by atoms with Gasteiger partial charge >= 0.3 is 16.4 Å². The van der Waals surface area contributed by atoms with Crippen LogP contribution in [0.1, 0.15) is 0 Å². The van der Waals surface area contributed by atoms with Gasteiger partial charge in [-0.2, -0.15) is 0 Å². The number of halogens is 4. The highest BCUT2D eigenvalue weighted by molar-refractivity contribution is 8.24. The van der Waals surface area contributed by atoms with Gasteiger partial charge in [0.15, 0.2) is 0 Å². The first kappa shape index (κ1) is 15.7. The Labute approximate surface area is 108 Å². The molecule has 6 nitrogen and oxygen atoms in total. The number of nitrogens with one attached hydrogen (secondary N) is 1. The fourth-order valence-electron chi connectivity index (χ4n) is 0.616. The minimum Gasteiger partial charge on any atom is -0.323 e. The van der Waals surface area contributed by atoms with Crippen LogP contribution in [-0.4, -0.2) is 9.91 Å². The Hall–Kier alpha value is -0.260. The smallest absolute Gasteiger partial charge is 0.323 e. The van der Waals surface area contributed by atoms with Crippen LogP contribution in [-0.2, 0) is 4.57 Å². The molecule has 0 aliphatic heterocycles. The number of pyridine rings is 1. The molecule has 0 fully saturated rings. The maximum atomic E-state index is 10.7. The lowest BCUT2D eigenvalue weighted by Gasteiger charge is -1.90. The van der Waals surface area contributed by atoms with E-state index < -0.39 is 21.4 Å². The van der Waals surface area contributed by atoms with Crippen LogP contribution in [0.2, 0.25) is 5.02 Å². The Balaban J connectivity index is 0.000000385. The maximum absolute atomic E-state index is 10.7. The highest BCUT2D eigenvalue weighted by Gasteiger charge is 2.16. The van der Waals surface area contributed by atoms with E-state index in [2.05, 4.69) is 38.7 Å². The number of H-pyrrole nitrogens is 1. The molecule has 0 radical (unpaired) electrons. The predicted molar refractivity (Wildman–Crippen MR) is 63.9 cm³/mol. The molecular weight excluding hydrogens is 325 g/mol. The second-order valence-electron chi connectivity index (χ2n) is 2.16. The molecule has 0 aliphatic rings. The van der Waals surface area contributed by atoms with Gasteiger partial charge in [0.25, 0.3) is 0 Å². The molecule has 1 heterocycles. The highest BCUT2D eigenvalue weighted by atomic mass is 36.0. The summed E-state index contributed by atoms with van der Waals surface area (Å²) in [6, 6.07) is 1.25. The van der Waals surface area contributed by atoms with Crippen molar-refractivity contribution >= 4 is 56.2 Å². The number of hydrogen-bond donors (Lipinski definition) is 1. The van der Waals surface area contributed by atoms with E-state index in [0.29, 0.717) is 0 Å². The highest BCUT2D eigenvalue weighted by Crippen LogP contribution is 2.61. The lowest BCUT2D eigenvalue weighted by molar-refractivity contribution is -0.386. The first-order valence-electron chi connectivity index (χ1n) is 3.33. The van der Waals surface area contributed by atoms with Crippen molar-refractivity contribution in [3.63, 3.8) is 0 Å². The van der Waals surface area contributed by atoms with Gasteiger partial charge < -0.3 is 4.98 Å². The molecular formula is C5H3Cl4N2O4P. The topological polar surface area (TPSA) is 93.1 Å². The molecule has 1 aromatic rings. The number of hydrogen-bond acceptors (Lipinski definition) is 4. The van der Waals surface area contributed by atoms with Crippen molar-refractivity contribution in [2.24, 2.45) is 0 Å². The monoisotopic (exact) mass is 326 g/mol. The van der Waals surface area contributed by atoms with Crippen LogP contribution in [0.4, 0.5) is 5.69 Å². The number of rotatable bonds is 1. The maximum Gasteiger partial charge on any atom is 0.352 e. The normalized spacial score (nSPS) is 10.2. The molecule has 0 spiro atoms. The van der Waals surface area contributed by atoms with Gasteiger partial charge in [-0.3, -0.25) is 19.5 Å². The third-order valence-electron chi connectivity index (χ3n) is 1.07. The number of nitro groups is 1. The van der Waals surface area contributed by atoms with Crippen LogP contribution in [0.5, 0.6) is 0 Å². The molecule has 1 N–H and O–H groups in total. The van der Waals surface area contributed by atoms with Crippen molar-refractivity contribution in [3.05, 3.63) is 37.8 Å². The summed E-state index contributed by atoms with van der Waals surface area (Å²) in [6.45, 7) is 0. The Morgan fingerprint density at radius 2 is 1.81 bits per heavy atom. The van der Waals surface area contributed by atoms with Crippen molar-refractivity contribution in [3.8, 4) is 0 Å². The van der Waals surface area contributed by atoms with E-state index in [4.69, 9.17) is 11.6 Å². The molecule has 0 saturated carbocycles. The zero-order chi connectivity index (χ0) is 12.9. The SMILES string of the molecule is O=P(Cl)(Cl)Cl.O=c1[nH]ccc(Cl)c1[N+](=O)[O-]. The van der Waals surface area contributed by atoms with E-state index in [1.807, 2.05) is 0 Å². The minimum absolute atomic E-state index is 0.154. The van der Waals surface area contributed by atoms with Gasteiger partial charge in [-0.25, -0.2) is 0 Å². The summed E-state index contributed by atoms with van der Waals surface area (Å²) >= 11 is 19.2. The minimum atomic E-state index is -3.22. The van der Waals surface area contributed by atoms with Crippen LogP contribution in [0.15, 0.2) is 17.1 Å². The molecule has 0 atom stereocenters. The molecule has 0 aromatic carbocycles. The van der Waals surface area contributed by atoms with Crippen LogP contribution >= 0.6 is 50.5 Å². The van der Waals surface area contributed by atoms with Crippen molar-refractivity contribution in [2.75, 3.05) is 0 Å². The molecule has 0 bridgehead atoms. The second-order valence-corrected chi connectivity index (χ2v) is 9.21. The second kappa shape index (κ2) is 6.47. The van der Waals surface area contributed by atoms with Gasteiger partial charge in [0.05, 0.1) is 4.92 Å². The number of aromatic nitrogens is 1. The van der Waals surface area contributed by atoms with E-state index in [-0.39, 0.29) is 5.02 Å². The summed E-state index contributed by atoms with van der Waals surface area (Å²) in [5.41, 5.74) is -1.41. The van der Waals surface area contributed by atoms with Crippen LogP contribution in [0, 0.1) is 10.1 Å². The molecule has 0 unspecified atom stereocenters. The quantitative estimate of drug-likeness (QED) is 0.483. The zero-order valence-corrected chi connectivity index (χ0v) is 11.1. The average molecular weight is 328 g/mol. The molecule has 0 amide bonds. The van der Waals surface area contributed by atoms with Crippen LogP contribution in [0.25, 0.3) is 0 Å². The lowest BCUT2D eigenvalue weighted by Crippen LogP contribution is -2.10. The molecule has 16 heavy (non-hydrogen) atoms. The lowest BCUT2D eigenvalue weighted by atomic mass is 10.4. The van der Waals surface area contributed by atoms with Crippen molar-refractivity contribution in [2.45, 2.75) is 0 Å². The Bertz CT molecular complexity index is 475. The summed E-state index contributed by atoms with van der Waals surface area (Å²) in [7, 11) is 0. The van der Waals surface area contributed by atoms with Crippen LogP contribution in [0.3, 0.4) is 0 Å². The van der Waals surface area contributed by atoms with E-state index >= 15 is 0 Å². The van der Waals surface area contributed by atoms with Gasteiger partial charge in [-0.05, 0) is 39.8 Å². The van der Waals surface area contributed by atoms with Crippen molar-refractivity contribution < 1.29 is 9.49 Å². The first-order chi connectivity index (χ1) is 7.13. The van der Waals surface area contributed by atoms with E-state index in [1.54, 1.807) is 0 Å². The van der Waals surface area contributed by atoms with Gasteiger partial charge in [0, 0.05) is 6.20 Å². The predicted octanol–water partition coefficient (Wildman–Crippen LogP) is 3.75. The number of aromatic amines is 1. The van der Waals surface area contributed by atoms with Gasteiger partial charge in [-0.15, -0.1) is 0 Å². The third-order valence-corrected chi connectivity index (χ3v) is 1.37. The van der Waals surface area contributed by atoms with E-state index in [0.717, 1.165) is 0 Å². The Morgan fingerprint density at radius 1 is 1.38 bits per heavy atom. The average Bonchev–Trinajstić information content (AvgIpc) is 1.99. The zero-order valence-electron chi connectivity index (χ0n) is 7.19. The summed E-state index contributed by atoms with van der Waals surface area (Å²) in [5.74, 6) is 0. The summed E-state index contributed by atoms with van der Waals surface area (Å²) in [4.78, 5) is 22.2. The molecule has 0 aliphatic carbocycles. The molecule has 0 saturated heterocycles.